The molecular formula is C15H16N2O3S. The van der Waals surface area contributed by atoms with E-state index in [-0.39, 0.29) is 16.1 Å². The van der Waals surface area contributed by atoms with Gasteiger partial charge in [-0.2, -0.15) is 17.6 Å². The van der Waals surface area contributed by atoms with E-state index in [2.05, 4.69) is 5.10 Å². The van der Waals surface area contributed by atoms with Crippen LogP contribution in [0.5, 0.6) is 0 Å². The molecule has 0 saturated carbocycles. The predicted octanol–water partition coefficient (Wildman–Crippen LogP) is 2.28. The van der Waals surface area contributed by atoms with E-state index in [1.54, 1.807) is 18.2 Å². The van der Waals surface area contributed by atoms with Gasteiger partial charge in [0.25, 0.3) is 10.0 Å². The average molecular weight is 304 g/mol. The van der Waals surface area contributed by atoms with Crippen LogP contribution in [-0.4, -0.2) is 23.4 Å². The zero-order valence-corrected chi connectivity index (χ0v) is 12.7. The summed E-state index contributed by atoms with van der Waals surface area (Å²) in [5.74, 6) is -0.0456. The molecule has 5 nitrogen and oxygen atoms in total. The van der Waals surface area contributed by atoms with Gasteiger partial charge in [-0.25, -0.2) is 0 Å². The van der Waals surface area contributed by atoms with Crippen molar-refractivity contribution in [3.63, 3.8) is 0 Å². The van der Waals surface area contributed by atoms with Crippen molar-refractivity contribution in [2.24, 2.45) is 5.41 Å². The van der Waals surface area contributed by atoms with Crippen molar-refractivity contribution in [2.45, 2.75) is 31.6 Å². The summed E-state index contributed by atoms with van der Waals surface area (Å²) in [6.45, 7) is 3.97. The summed E-state index contributed by atoms with van der Waals surface area (Å²) in [6.07, 6.45) is 2.36. The lowest BCUT2D eigenvalue weighted by Crippen LogP contribution is -2.26. The van der Waals surface area contributed by atoms with Gasteiger partial charge in [-0.05, 0) is 24.0 Å². The summed E-state index contributed by atoms with van der Waals surface area (Å²) < 4.78 is 25.9. The van der Waals surface area contributed by atoms with E-state index in [4.69, 9.17) is 0 Å². The molecule has 1 aliphatic rings. The third-order valence-corrected chi connectivity index (χ3v) is 5.19. The Balaban J connectivity index is 2.09. The number of nitrogens with zero attached hydrogens (tertiary/aromatic N) is 2. The maximum atomic E-state index is 12.5. The Bertz CT molecular complexity index is 805. The summed E-state index contributed by atoms with van der Waals surface area (Å²) in [5.41, 5.74) is 0.810. The molecule has 0 radical (unpaired) electrons. The molecule has 2 aromatic rings. The van der Waals surface area contributed by atoms with Gasteiger partial charge < -0.3 is 0 Å². The van der Waals surface area contributed by atoms with Crippen LogP contribution in [0, 0.1) is 5.41 Å². The molecule has 1 aliphatic carbocycles. The number of ketones is 1. The van der Waals surface area contributed by atoms with Crippen molar-refractivity contribution < 1.29 is 13.2 Å². The van der Waals surface area contributed by atoms with Gasteiger partial charge in [-0.3, -0.25) is 4.79 Å². The molecule has 1 aromatic heterocycles. The lowest BCUT2D eigenvalue weighted by molar-refractivity contribution is 0.0912. The standard InChI is InChI=1S/C15H16N2O3S/c1-15(2)8-13-12(14(18)9-15)10-17(16-13)21(19,20)11-6-4-3-5-7-11/h3-7,10H,8-9H2,1-2H3. The number of carbonyl (C=O) groups is 1. The second-order valence-corrected chi connectivity index (χ2v) is 7.92. The van der Waals surface area contributed by atoms with Gasteiger partial charge in [0, 0.05) is 6.42 Å². The number of hydrogen-bond acceptors (Lipinski definition) is 4. The first kappa shape index (κ1) is 14.0. The minimum atomic E-state index is -3.74. The molecule has 0 bridgehead atoms. The third-order valence-electron chi connectivity index (χ3n) is 3.64. The number of fused-ring (bicyclic) bond motifs is 1. The van der Waals surface area contributed by atoms with Crippen molar-refractivity contribution in [1.82, 2.24) is 9.19 Å². The normalized spacial score (nSPS) is 17.5. The highest BCUT2D eigenvalue weighted by molar-refractivity contribution is 7.89. The van der Waals surface area contributed by atoms with Gasteiger partial charge in [0.1, 0.15) is 0 Å². The molecule has 6 heteroatoms. The number of aromatic nitrogens is 2. The van der Waals surface area contributed by atoms with Crippen LogP contribution in [0.25, 0.3) is 0 Å². The van der Waals surface area contributed by atoms with Crippen LogP contribution in [0.3, 0.4) is 0 Å². The zero-order valence-electron chi connectivity index (χ0n) is 11.9. The fraction of sp³-hybridized carbons (Fsp3) is 0.333. The summed E-state index contributed by atoms with van der Waals surface area (Å²) >= 11 is 0. The maximum absolute atomic E-state index is 12.5. The monoisotopic (exact) mass is 304 g/mol. The number of rotatable bonds is 2. The van der Waals surface area contributed by atoms with Crippen molar-refractivity contribution >= 4 is 15.8 Å². The Morgan fingerprint density at radius 3 is 2.48 bits per heavy atom. The Morgan fingerprint density at radius 1 is 1.14 bits per heavy atom. The highest BCUT2D eigenvalue weighted by Crippen LogP contribution is 2.34. The Morgan fingerprint density at radius 2 is 1.81 bits per heavy atom. The Kier molecular flexibility index (Phi) is 3.02. The first-order valence-electron chi connectivity index (χ1n) is 6.72. The van der Waals surface area contributed by atoms with Crippen molar-refractivity contribution in [3.05, 3.63) is 47.8 Å². The molecule has 3 rings (SSSR count). The van der Waals surface area contributed by atoms with Gasteiger partial charge in [0.2, 0.25) is 0 Å². The zero-order chi connectivity index (χ0) is 15.3. The van der Waals surface area contributed by atoms with Crippen LogP contribution in [0.15, 0.2) is 41.4 Å². The topological polar surface area (TPSA) is 69.0 Å². The van der Waals surface area contributed by atoms with Crippen molar-refractivity contribution in [3.8, 4) is 0 Å². The highest BCUT2D eigenvalue weighted by Gasteiger charge is 2.34. The second-order valence-electron chi connectivity index (χ2n) is 6.12. The molecule has 1 heterocycles. The van der Waals surface area contributed by atoms with Crippen molar-refractivity contribution in [2.75, 3.05) is 0 Å². The van der Waals surface area contributed by atoms with Crippen LogP contribution in [0.4, 0.5) is 0 Å². The number of carbonyl (C=O) groups excluding carboxylic acids is 1. The summed E-state index contributed by atoms with van der Waals surface area (Å²) in [6, 6.07) is 8.10. The van der Waals surface area contributed by atoms with E-state index in [1.165, 1.54) is 18.3 Å². The lowest BCUT2D eigenvalue weighted by Gasteiger charge is -2.26. The molecule has 0 spiro atoms. The molecule has 1 aromatic carbocycles. The van der Waals surface area contributed by atoms with Crippen LogP contribution in [0.1, 0.15) is 36.3 Å². The molecule has 0 unspecified atom stereocenters. The van der Waals surface area contributed by atoms with Gasteiger partial charge >= 0.3 is 0 Å². The van der Waals surface area contributed by atoms with Crippen LogP contribution in [-0.2, 0) is 16.4 Å². The predicted molar refractivity (Wildman–Crippen MR) is 77.7 cm³/mol. The highest BCUT2D eigenvalue weighted by atomic mass is 32.2. The molecule has 0 amide bonds. The number of hydrogen-bond donors (Lipinski definition) is 0. The van der Waals surface area contributed by atoms with E-state index in [9.17, 15) is 13.2 Å². The van der Waals surface area contributed by atoms with E-state index in [0.29, 0.717) is 24.1 Å². The molecule has 110 valence electrons. The molecule has 0 fully saturated rings. The first-order chi connectivity index (χ1) is 9.79. The minimum Gasteiger partial charge on any atom is -0.294 e. The van der Waals surface area contributed by atoms with Gasteiger partial charge in [-0.15, -0.1) is 0 Å². The molecule has 0 aliphatic heterocycles. The summed E-state index contributed by atoms with van der Waals surface area (Å²) in [5, 5.41) is 4.15. The fourth-order valence-corrected chi connectivity index (χ4v) is 3.79. The molecule has 0 atom stereocenters. The lowest BCUT2D eigenvalue weighted by atomic mass is 9.76. The van der Waals surface area contributed by atoms with Crippen LogP contribution >= 0.6 is 0 Å². The fourth-order valence-electron chi connectivity index (χ4n) is 2.62. The molecule has 0 N–H and O–H groups in total. The van der Waals surface area contributed by atoms with Crippen LogP contribution < -0.4 is 0 Å². The molecule has 0 saturated heterocycles. The number of Topliss-reactive ketones (excluding diaryl/α,β-unsaturated/α-hetero) is 1. The number of benzene rings is 1. The van der Waals surface area contributed by atoms with Crippen molar-refractivity contribution in [1.29, 1.82) is 0 Å². The SMILES string of the molecule is CC1(C)CC(=O)c2cn(S(=O)(=O)c3ccccc3)nc2C1. The van der Waals surface area contributed by atoms with Gasteiger partial charge in [-0.1, -0.05) is 32.0 Å². The van der Waals surface area contributed by atoms with E-state index < -0.39 is 10.0 Å². The second kappa shape index (κ2) is 4.53. The summed E-state index contributed by atoms with van der Waals surface area (Å²) in [4.78, 5) is 12.3. The smallest absolute Gasteiger partial charge is 0.282 e. The van der Waals surface area contributed by atoms with E-state index in [1.807, 2.05) is 13.8 Å². The first-order valence-corrected chi connectivity index (χ1v) is 8.16. The average Bonchev–Trinajstić information content (AvgIpc) is 2.83. The third kappa shape index (κ3) is 2.40. The Labute approximate surface area is 123 Å². The largest absolute Gasteiger partial charge is 0.294 e. The van der Waals surface area contributed by atoms with E-state index >= 15 is 0 Å². The van der Waals surface area contributed by atoms with E-state index in [0.717, 1.165) is 4.09 Å². The minimum absolute atomic E-state index is 0.0456. The molecule has 21 heavy (non-hydrogen) atoms. The summed E-state index contributed by atoms with van der Waals surface area (Å²) in [7, 11) is -3.74. The van der Waals surface area contributed by atoms with Crippen LogP contribution in [0.2, 0.25) is 0 Å². The molecular weight excluding hydrogens is 288 g/mol. The maximum Gasteiger partial charge on any atom is 0.282 e. The van der Waals surface area contributed by atoms with Gasteiger partial charge in [0.15, 0.2) is 5.78 Å². The Hall–Kier alpha value is -1.95. The van der Waals surface area contributed by atoms with Gasteiger partial charge in [0.05, 0.1) is 22.3 Å². The quantitative estimate of drug-likeness (QED) is 0.853.